The fraction of sp³-hybridized carbons (Fsp3) is 0.214. The van der Waals surface area contributed by atoms with Crippen LogP contribution in [-0.4, -0.2) is 7.12 Å². The van der Waals surface area contributed by atoms with Crippen LogP contribution in [0.1, 0.15) is 43.2 Å². The van der Waals surface area contributed by atoms with Crippen LogP contribution in [0.4, 0.5) is 0 Å². The molecule has 1 heterocycles. The van der Waals surface area contributed by atoms with Crippen molar-refractivity contribution >= 4 is 39.3 Å². The lowest BCUT2D eigenvalue weighted by molar-refractivity contribution is 0.353. The molecule has 2 aliphatic carbocycles. The van der Waals surface area contributed by atoms with Gasteiger partial charge in [0.05, 0.1) is 0 Å². The van der Waals surface area contributed by atoms with Crippen molar-refractivity contribution in [3.63, 3.8) is 0 Å². The Morgan fingerprint density at radius 2 is 1.41 bits per heavy atom. The number of rotatable bonds is 1. The smallest absolute Gasteiger partial charge is 0.519 e. The highest BCUT2D eigenvalue weighted by molar-refractivity contribution is 9.10. The van der Waals surface area contributed by atoms with Crippen LogP contribution in [-0.2, 0) is 5.41 Å². The first-order valence-corrected chi connectivity index (χ1v) is 12.3. The predicted molar refractivity (Wildman–Crippen MR) is 134 cm³/mol. The molecule has 0 aromatic heterocycles. The van der Waals surface area contributed by atoms with Gasteiger partial charge in [0.25, 0.3) is 0 Å². The van der Waals surface area contributed by atoms with Crippen molar-refractivity contribution in [1.29, 1.82) is 0 Å². The van der Waals surface area contributed by atoms with E-state index in [-0.39, 0.29) is 5.41 Å². The zero-order valence-electron chi connectivity index (χ0n) is 17.7. The van der Waals surface area contributed by atoms with Crippen LogP contribution < -0.4 is 14.8 Å². The first-order chi connectivity index (χ1) is 15.7. The van der Waals surface area contributed by atoms with E-state index in [4.69, 9.17) is 9.31 Å². The Morgan fingerprint density at radius 3 is 2.16 bits per heavy atom. The second-order valence-electron chi connectivity index (χ2n) is 9.28. The second kappa shape index (κ2) is 6.89. The summed E-state index contributed by atoms with van der Waals surface area (Å²) in [7, 11) is -0.418. The summed E-state index contributed by atoms with van der Waals surface area (Å²) in [6, 6.07) is 26.0. The van der Waals surface area contributed by atoms with Crippen molar-refractivity contribution in [3.05, 3.63) is 88.4 Å². The van der Waals surface area contributed by atoms with Crippen molar-refractivity contribution < 1.29 is 9.31 Å². The Balaban J connectivity index is 1.51. The SMILES string of the molecule is Brc1ccc2c(c1)C1(CCCCC1)c1cc(B3Oc4ccccc4O3)c3ccccc3c1-2. The Morgan fingerprint density at radius 1 is 0.719 bits per heavy atom. The molecule has 0 radical (unpaired) electrons. The minimum atomic E-state index is -0.418. The Hall–Kier alpha value is -2.72. The molecular weight excluding hydrogens is 459 g/mol. The molecule has 0 unspecified atom stereocenters. The molecule has 0 bridgehead atoms. The van der Waals surface area contributed by atoms with Crippen LogP contribution in [0.15, 0.2) is 77.3 Å². The largest absolute Gasteiger partial charge is 0.633 e. The van der Waals surface area contributed by atoms with Crippen LogP contribution in [0.3, 0.4) is 0 Å². The van der Waals surface area contributed by atoms with Crippen LogP contribution >= 0.6 is 15.9 Å². The van der Waals surface area contributed by atoms with E-state index in [2.05, 4.69) is 64.5 Å². The molecule has 3 aliphatic rings. The van der Waals surface area contributed by atoms with Gasteiger partial charge in [0.2, 0.25) is 0 Å². The molecule has 1 saturated carbocycles. The normalized spacial score (nSPS) is 17.6. The molecule has 0 amide bonds. The molecule has 7 rings (SSSR count). The first kappa shape index (κ1) is 18.8. The summed E-state index contributed by atoms with van der Waals surface area (Å²) < 4.78 is 13.8. The zero-order valence-corrected chi connectivity index (χ0v) is 19.3. The number of para-hydroxylation sites is 2. The van der Waals surface area contributed by atoms with E-state index in [1.54, 1.807) is 0 Å². The lowest BCUT2D eigenvalue weighted by atomic mass is 9.65. The van der Waals surface area contributed by atoms with Crippen molar-refractivity contribution in [1.82, 2.24) is 0 Å². The quantitative estimate of drug-likeness (QED) is 0.273. The molecule has 4 heteroatoms. The van der Waals surface area contributed by atoms with Crippen molar-refractivity contribution in [2.24, 2.45) is 0 Å². The first-order valence-electron chi connectivity index (χ1n) is 11.5. The van der Waals surface area contributed by atoms with Gasteiger partial charge in [-0.3, -0.25) is 0 Å². The van der Waals surface area contributed by atoms with Gasteiger partial charge in [-0.2, -0.15) is 0 Å². The maximum absolute atomic E-state index is 6.30. The summed E-state index contributed by atoms with van der Waals surface area (Å²) in [6.07, 6.45) is 6.28. The van der Waals surface area contributed by atoms with Crippen LogP contribution in [0, 0.1) is 0 Å². The van der Waals surface area contributed by atoms with E-state index in [0.717, 1.165) is 21.4 Å². The fourth-order valence-corrected chi connectivity index (χ4v) is 6.62. The minimum Gasteiger partial charge on any atom is -0.519 e. The van der Waals surface area contributed by atoms with E-state index in [9.17, 15) is 0 Å². The molecule has 0 saturated heterocycles. The zero-order chi connectivity index (χ0) is 21.3. The van der Waals surface area contributed by atoms with Crippen molar-refractivity contribution in [2.75, 3.05) is 0 Å². The fourth-order valence-electron chi connectivity index (χ4n) is 6.26. The van der Waals surface area contributed by atoms with E-state index >= 15 is 0 Å². The Bertz CT molecular complexity index is 1360. The summed E-state index contributed by atoms with van der Waals surface area (Å²) in [5.74, 6) is 1.64. The molecule has 156 valence electrons. The molecule has 4 aromatic carbocycles. The van der Waals surface area contributed by atoms with E-state index in [1.807, 2.05) is 24.3 Å². The number of halogens is 1. The van der Waals surface area contributed by atoms with Gasteiger partial charge in [0.15, 0.2) is 0 Å². The standard InChI is InChI=1S/C28H22BBrO2/c30-18-12-13-21-22(16-18)28(14-6-1-7-15-28)23-17-24(19-8-2-3-9-20(19)27(21)23)29-31-25-10-4-5-11-26(25)32-29/h2-5,8-13,16-17H,1,6-7,14-15H2. The van der Waals surface area contributed by atoms with Gasteiger partial charge in [-0.1, -0.05) is 83.7 Å². The van der Waals surface area contributed by atoms with Crippen LogP contribution in [0.25, 0.3) is 21.9 Å². The van der Waals surface area contributed by atoms with Gasteiger partial charge < -0.3 is 9.31 Å². The molecule has 2 nitrogen and oxygen atoms in total. The third kappa shape index (κ3) is 2.53. The van der Waals surface area contributed by atoms with Gasteiger partial charge in [-0.25, -0.2) is 0 Å². The Kier molecular flexibility index (Phi) is 4.05. The van der Waals surface area contributed by atoms with Gasteiger partial charge in [-0.05, 0) is 70.1 Å². The van der Waals surface area contributed by atoms with Gasteiger partial charge in [0.1, 0.15) is 11.5 Å². The maximum atomic E-state index is 6.30. The summed E-state index contributed by atoms with van der Waals surface area (Å²) in [5, 5.41) is 2.51. The van der Waals surface area contributed by atoms with Crippen molar-refractivity contribution in [3.8, 4) is 22.6 Å². The lowest BCUT2D eigenvalue weighted by Gasteiger charge is -2.36. The van der Waals surface area contributed by atoms with E-state index < -0.39 is 7.12 Å². The van der Waals surface area contributed by atoms with Gasteiger partial charge >= 0.3 is 7.12 Å². The maximum Gasteiger partial charge on any atom is 0.633 e. The number of fused-ring (bicyclic) bond motifs is 8. The molecule has 4 aromatic rings. The number of benzene rings is 4. The summed E-state index contributed by atoms with van der Waals surface area (Å²) in [4.78, 5) is 0. The number of hydrogen-bond acceptors (Lipinski definition) is 2. The molecular formula is C28H22BBrO2. The topological polar surface area (TPSA) is 18.5 Å². The average Bonchev–Trinajstić information content (AvgIpc) is 3.37. The third-order valence-electron chi connectivity index (χ3n) is 7.64. The van der Waals surface area contributed by atoms with Crippen molar-refractivity contribution in [2.45, 2.75) is 37.5 Å². The van der Waals surface area contributed by atoms with E-state index in [1.165, 1.54) is 65.1 Å². The highest BCUT2D eigenvalue weighted by Crippen LogP contribution is 2.57. The molecule has 1 aliphatic heterocycles. The predicted octanol–water partition coefficient (Wildman–Crippen LogP) is 7.00. The summed E-state index contributed by atoms with van der Waals surface area (Å²) in [6.45, 7) is 0. The third-order valence-corrected chi connectivity index (χ3v) is 8.13. The molecule has 32 heavy (non-hydrogen) atoms. The Labute approximate surface area is 196 Å². The highest BCUT2D eigenvalue weighted by atomic mass is 79.9. The average molecular weight is 481 g/mol. The summed E-state index contributed by atoms with van der Waals surface area (Å²) in [5.41, 5.74) is 6.96. The second-order valence-corrected chi connectivity index (χ2v) is 10.2. The summed E-state index contributed by atoms with van der Waals surface area (Å²) >= 11 is 3.75. The highest BCUT2D eigenvalue weighted by Gasteiger charge is 2.46. The molecule has 1 spiro atoms. The van der Waals surface area contributed by atoms with E-state index in [0.29, 0.717) is 0 Å². The lowest BCUT2D eigenvalue weighted by Crippen LogP contribution is -2.41. The minimum absolute atomic E-state index is 0.0803. The molecule has 1 fully saturated rings. The van der Waals surface area contributed by atoms with Gasteiger partial charge in [-0.15, -0.1) is 0 Å². The monoisotopic (exact) mass is 480 g/mol. The molecule has 0 N–H and O–H groups in total. The number of hydrogen-bond donors (Lipinski definition) is 0. The van der Waals surface area contributed by atoms with Gasteiger partial charge in [0, 0.05) is 15.4 Å². The van der Waals surface area contributed by atoms with Crippen LogP contribution in [0.5, 0.6) is 11.5 Å². The molecule has 0 atom stereocenters. The van der Waals surface area contributed by atoms with Crippen LogP contribution in [0.2, 0.25) is 0 Å².